The maximum atomic E-state index is 6.40. The summed E-state index contributed by atoms with van der Waals surface area (Å²) in [4.78, 5) is 0. The summed E-state index contributed by atoms with van der Waals surface area (Å²) in [6, 6.07) is 24.8. The van der Waals surface area contributed by atoms with Crippen LogP contribution in [0.4, 0.5) is 0 Å². The van der Waals surface area contributed by atoms with Crippen molar-refractivity contribution >= 4 is 21.6 Å². The molecule has 0 saturated heterocycles. The zero-order valence-electron chi connectivity index (χ0n) is 15.4. The molecule has 2 atom stereocenters. The van der Waals surface area contributed by atoms with Crippen molar-refractivity contribution in [1.29, 1.82) is 0 Å². The summed E-state index contributed by atoms with van der Waals surface area (Å²) >= 11 is 3.59. The third-order valence-electron chi connectivity index (χ3n) is 5.27. The molecule has 3 aromatic rings. The average molecular weight is 435 g/mol. The van der Waals surface area contributed by atoms with Crippen LogP contribution in [0.5, 0.6) is 11.5 Å². The fourth-order valence-corrected chi connectivity index (χ4v) is 4.45. The SMILES string of the molecule is COc1ccc([C@@H]2Oc3ccccc3[C@H]3CC(c4ccccc4)=NN32)cc1Br. The third kappa shape index (κ3) is 2.87. The molecule has 0 amide bonds. The second kappa shape index (κ2) is 6.99. The van der Waals surface area contributed by atoms with Gasteiger partial charge in [0.1, 0.15) is 11.5 Å². The van der Waals surface area contributed by atoms with E-state index in [2.05, 4.69) is 57.3 Å². The number of hydrogen-bond donors (Lipinski definition) is 0. The highest BCUT2D eigenvalue weighted by molar-refractivity contribution is 9.10. The highest BCUT2D eigenvalue weighted by Gasteiger charge is 2.40. The van der Waals surface area contributed by atoms with Crippen molar-refractivity contribution in [2.75, 3.05) is 7.11 Å². The smallest absolute Gasteiger partial charge is 0.213 e. The van der Waals surface area contributed by atoms with Gasteiger partial charge in [0.05, 0.1) is 23.3 Å². The number of nitrogens with zero attached hydrogens (tertiary/aromatic N) is 2. The van der Waals surface area contributed by atoms with Crippen LogP contribution in [0.1, 0.15) is 35.4 Å². The van der Waals surface area contributed by atoms with Crippen LogP contribution in [0.3, 0.4) is 0 Å². The maximum Gasteiger partial charge on any atom is 0.213 e. The first kappa shape index (κ1) is 17.3. The Kier molecular flexibility index (Phi) is 4.32. The van der Waals surface area contributed by atoms with Crippen LogP contribution >= 0.6 is 15.9 Å². The molecule has 0 fully saturated rings. The molecular formula is C23H19BrN2O2. The average Bonchev–Trinajstić information content (AvgIpc) is 3.19. The lowest BCUT2D eigenvalue weighted by Crippen LogP contribution is -2.33. The minimum atomic E-state index is -0.289. The van der Waals surface area contributed by atoms with Crippen LogP contribution in [0.2, 0.25) is 0 Å². The van der Waals surface area contributed by atoms with Gasteiger partial charge >= 0.3 is 0 Å². The van der Waals surface area contributed by atoms with E-state index in [-0.39, 0.29) is 12.3 Å². The highest BCUT2D eigenvalue weighted by atomic mass is 79.9. The fourth-order valence-electron chi connectivity index (χ4n) is 3.90. The van der Waals surface area contributed by atoms with Crippen molar-refractivity contribution in [3.05, 3.63) is 94.0 Å². The van der Waals surface area contributed by atoms with Crippen LogP contribution in [-0.4, -0.2) is 17.8 Å². The van der Waals surface area contributed by atoms with Crippen molar-refractivity contribution in [2.45, 2.75) is 18.7 Å². The molecule has 5 rings (SSSR count). The zero-order chi connectivity index (χ0) is 19.1. The third-order valence-corrected chi connectivity index (χ3v) is 5.89. The number of para-hydroxylation sites is 1. The van der Waals surface area contributed by atoms with Gasteiger partial charge < -0.3 is 9.47 Å². The molecule has 2 heterocycles. The quantitative estimate of drug-likeness (QED) is 0.529. The van der Waals surface area contributed by atoms with Crippen molar-refractivity contribution in [1.82, 2.24) is 5.01 Å². The molecule has 2 aliphatic rings. The van der Waals surface area contributed by atoms with Crippen molar-refractivity contribution < 1.29 is 9.47 Å². The Morgan fingerprint density at radius 2 is 1.82 bits per heavy atom. The van der Waals surface area contributed by atoms with Gasteiger partial charge in [-0.15, -0.1) is 0 Å². The molecule has 28 heavy (non-hydrogen) atoms. The molecule has 0 N–H and O–H groups in total. The second-order valence-corrected chi connectivity index (χ2v) is 7.77. The van der Waals surface area contributed by atoms with Gasteiger partial charge in [-0.2, -0.15) is 5.10 Å². The van der Waals surface area contributed by atoms with Crippen molar-refractivity contribution in [3.63, 3.8) is 0 Å². The molecule has 5 heteroatoms. The van der Waals surface area contributed by atoms with E-state index >= 15 is 0 Å². The molecule has 3 aromatic carbocycles. The Morgan fingerprint density at radius 3 is 2.61 bits per heavy atom. The summed E-state index contributed by atoms with van der Waals surface area (Å²) in [6.07, 6.45) is 0.571. The fraction of sp³-hybridized carbons (Fsp3) is 0.174. The van der Waals surface area contributed by atoms with Gasteiger partial charge in [-0.05, 0) is 45.8 Å². The van der Waals surface area contributed by atoms with Crippen LogP contribution < -0.4 is 9.47 Å². The van der Waals surface area contributed by atoms with Gasteiger partial charge in [0.15, 0.2) is 0 Å². The van der Waals surface area contributed by atoms with Gasteiger partial charge in [-0.1, -0.05) is 48.5 Å². The maximum absolute atomic E-state index is 6.40. The summed E-state index contributed by atoms with van der Waals surface area (Å²) in [5, 5.41) is 7.08. The summed E-state index contributed by atoms with van der Waals surface area (Å²) < 4.78 is 12.7. The summed E-state index contributed by atoms with van der Waals surface area (Å²) in [7, 11) is 1.67. The van der Waals surface area contributed by atoms with Crippen LogP contribution in [0, 0.1) is 0 Å². The minimum Gasteiger partial charge on any atom is -0.496 e. The number of hydrazone groups is 1. The van der Waals surface area contributed by atoms with E-state index in [9.17, 15) is 0 Å². The lowest BCUT2D eigenvalue weighted by Gasteiger charge is -2.38. The molecule has 0 bridgehead atoms. The Hall–Kier alpha value is -2.79. The largest absolute Gasteiger partial charge is 0.496 e. The number of benzene rings is 3. The van der Waals surface area contributed by atoms with Gasteiger partial charge in [0, 0.05) is 17.5 Å². The number of fused-ring (bicyclic) bond motifs is 3. The minimum absolute atomic E-state index is 0.158. The zero-order valence-corrected chi connectivity index (χ0v) is 17.0. The molecule has 2 aliphatic heterocycles. The molecule has 140 valence electrons. The molecule has 0 aromatic heterocycles. The number of rotatable bonds is 3. The van der Waals surface area contributed by atoms with Crippen molar-refractivity contribution in [2.24, 2.45) is 5.10 Å². The van der Waals surface area contributed by atoms with Crippen molar-refractivity contribution in [3.8, 4) is 11.5 Å². The van der Waals surface area contributed by atoms with Gasteiger partial charge in [-0.3, -0.25) is 0 Å². The van der Waals surface area contributed by atoms with Crippen LogP contribution in [-0.2, 0) is 0 Å². The molecule has 0 radical (unpaired) electrons. The standard InChI is InChI=1S/C23H19BrN2O2/c1-27-22-12-11-16(13-18(22)24)23-26-20(17-9-5-6-10-21(17)28-23)14-19(25-26)15-7-3-2-4-8-15/h2-13,20,23H,14H2,1H3/t20-,23+/m1/s1. The first-order chi connectivity index (χ1) is 13.7. The van der Waals surface area contributed by atoms with E-state index in [1.54, 1.807) is 7.11 Å². The topological polar surface area (TPSA) is 34.1 Å². The Labute approximate surface area is 172 Å². The molecule has 4 nitrogen and oxygen atoms in total. The van der Waals surface area contributed by atoms with E-state index in [0.29, 0.717) is 0 Å². The van der Waals surface area contributed by atoms with Crippen LogP contribution in [0.25, 0.3) is 0 Å². The Bertz CT molecular complexity index is 1050. The molecule has 0 unspecified atom stereocenters. The summed E-state index contributed by atoms with van der Waals surface area (Å²) in [5.41, 5.74) is 4.46. The van der Waals surface area contributed by atoms with E-state index < -0.39 is 0 Å². The van der Waals surface area contributed by atoms with E-state index in [1.807, 2.05) is 36.4 Å². The number of methoxy groups -OCH3 is 1. The molecule has 0 spiro atoms. The monoisotopic (exact) mass is 434 g/mol. The Balaban J connectivity index is 1.59. The highest BCUT2D eigenvalue weighted by Crippen LogP contribution is 2.47. The Morgan fingerprint density at radius 1 is 1.04 bits per heavy atom. The van der Waals surface area contributed by atoms with Gasteiger partial charge in [0.25, 0.3) is 0 Å². The predicted molar refractivity (Wildman–Crippen MR) is 113 cm³/mol. The van der Waals surface area contributed by atoms with Gasteiger partial charge in [0.2, 0.25) is 6.23 Å². The first-order valence-corrected chi connectivity index (χ1v) is 10.0. The lowest BCUT2D eigenvalue weighted by atomic mass is 9.96. The van der Waals surface area contributed by atoms with E-state index in [4.69, 9.17) is 14.6 Å². The van der Waals surface area contributed by atoms with E-state index in [1.165, 1.54) is 5.56 Å². The normalized spacial score (nSPS) is 20.1. The van der Waals surface area contributed by atoms with Gasteiger partial charge in [-0.25, -0.2) is 5.01 Å². The number of halogens is 1. The summed E-state index contributed by atoms with van der Waals surface area (Å²) in [5.74, 6) is 1.72. The molecule has 0 aliphatic carbocycles. The lowest BCUT2D eigenvalue weighted by molar-refractivity contribution is -0.0190. The molecular weight excluding hydrogens is 416 g/mol. The number of hydrogen-bond acceptors (Lipinski definition) is 4. The number of ether oxygens (including phenoxy) is 2. The second-order valence-electron chi connectivity index (χ2n) is 6.91. The summed E-state index contributed by atoms with van der Waals surface area (Å²) in [6.45, 7) is 0. The molecule has 0 saturated carbocycles. The first-order valence-electron chi connectivity index (χ1n) is 9.25. The van der Waals surface area contributed by atoms with Crippen LogP contribution in [0.15, 0.2) is 82.4 Å². The van der Waals surface area contributed by atoms with E-state index in [0.717, 1.165) is 39.2 Å². The predicted octanol–water partition coefficient (Wildman–Crippen LogP) is 5.70.